The molecule has 0 heterocycles. The van der Waals surface area contributed by atoms with E-state index in [1.54, 1.807) is 0 Å². The molecule has 0 atom stereocenters. The molecule has 0 aromatic rings. The van der Waals surface area contributed by atoms with Crippen molar-refractivity contribution in [2.24, 2.45) is 0 Å². The Labute approximate surface area is 91.5 Å². The summed E-state index contributed by atoms with van der Waals surface area (Å²) in [5.41, 5.74) is 0. The van der Waals surface area contributed by atoms with Crippen molar-refractivity contribution in [3.8, 4) is 12.3 Å². The second-order valence-electron chi connectivity index (χ2n) is 2.90. The third-order valence-electron chi connectivity index (χ3n) is 1.67. The lowest BCUT2D eigenvalue weighted by molar-refractivity contribution is 0.445. The Morgan fingerprint density at radius 3 is 2.57 bits per heavy atom. The van der Waals surface area contributed by atoms with Gasteiger partial charge in [-0.3, -0.25) is 0 Å². The normalized spacial score (nSPS) is 11.6. The number of alkyl halides is 1. The molecule has 0 aliphatic carbocycles. The zero-order valence-electron chi connectivity index (χ0n) is 8.37. The lowest BCUT2D eigenvalue weighted by Crippen LogP contribution is -2.34. The first-order valence-corrected chi connectivity index (χ1v) is 6.70. The fraction of sp³-hybridized carbons (Fsp3) is 0.778. The maximum atomic E-state index is 11.6. The number of halogens is 1. The van der Waals surface area contributed by atoms with Gasteiger partial charge in [0, 0.05) is 12.4 Å². The van der Waals surface area contributed by atoms with Crippen LogP contribution in [0.5, 0.6) is 0 Å². The first kappa shape index (κ1) is 13.8. The molecule has 0 aromatic carbocycles. The quantitative estimate of drug-likeness (QED) is 0.494. The molecular formula is C9H16ClNO2S. The molecule has 5 heteroatoms. The topological polar surface area (TPSA) is 37.4 Å². The molecule has 0 saturated carbocycles. The summed E-state index contributed by atoms with van der Waals surface area (Å²) in [4.78, 5) is 0. The van der Waals surface area contributed by atoms with Gasteiger partial charge in [-0.15, -0.1) is 18.0 Å². The van der Waals surface area contributed by atoms with Gasteiger partial charge in [0.15, 0.2) is 0 Å². The Morgan fingerprint density at radius 2 is 2.14 bits per heavy atom. The van der Waals surface area contributed by atoms with Gasteiger partial charge in [-0.05, 0) is 12.8 Å². The first-order valence-electron chi connectivity index (χ1n) is 4.55. The Morgan fingerprint density at radius 1 is 1.50 bits per heavy atom. The predicted molar refractivity (Wildman–Crippen MR) is 59.8 cm³/mol. The van der Waals surface area contributed by atoms with Gasteiger partial charge in [0.25, 0.3) is 0 Å². The number of hydrogen-bond donors (Lipinski definition) is 0. The van der Waals surface area contributed by atoms with Crippen LogP contribution < -0.4 is 0 Å². The zero-order valence-corrected chi connectivity index (χ0v) is 9.94. The van der Waals surface area contributed by atoms with Gasteiger partial charge < -0.3 is 0 Å². The highest BCUT2D eigenvalue weighted by atomic mass is 35.5. The van der Waals surface area contributed by atoms with E-state index in [9.17, 15) is 8.42 Å². The second kappa shape index (κ2) is 7.10. The van der Waals surface area contributed by atoms with Gasteiger partial charge >= 0.3 is 0 Å². The molecule has 0 N–H and O–H groups in total. The average molecular weight is 238 g/mol. The van der Waals surface area contributed by atoms with Crippen molar-refractivity contribution in [3.05, 3.63) is 0 Å². The van der Waals surface area contributed by atoms with Crippen LogP contribution >= 0.6 is 11.6 Å². The molecule has 0 amide bonds. The third-order valence-corrected chi connectivity index (χ3v) is 3.84. The van der Waals surface area contributed by atoms with Crippen LogP contribution in [0.3, 0.4) is 0 Å². The van der Waals surface area contributed by atoms with E-state index in [1.807, 2.05) is 6.92 Å². The van der Waals surface area contributed by atoms with Gasteiger partial charge in [-0.2, -0.15) is 4.31 Å². The van der Waals surface area contributed by atoms with Crippen LogP contribution in [0.25, 0.3) is 0 Å². The SMILES string of the molecule is C#CCN(CCC)S(=O)(=O)CCCCl. The number of hydrogen-bond acceptors (Lipinski definition) is 2. The summed E-state index contributed by atoms with van der Waals surface area (Å²) in [6, 6.07) is 0. The summed E-state index contributed by atoms with van der Waals surface area (Å²) in [5, 5.41) is 0. The van der Waals surface area contributed by atoms with E-state index in [0.717, 1.165) is 6.42 Å². The van der Waals surface area contributed by atoms with Crippen LogP contribution in [0, 0.1) is 12.3 Å². The fourth-order valence-electron chi connectivity index (χ4n) is 1.03. The highest BCUT2D eigenvalue weighted by Crippen LogP contribution is 2.04. The van der Waals surface area contributed by atoms with Crippen LogP contribution in [0.2, 0.25) is 0 Å². The molecule has 0 saturated heterocycles. The number of terminal acetylenes is 1. The van der Waals surface area contributed by atoms with Crippen molar-refractivity contribution in [1.29, 1.82) is 0 Å². The van der Waals surface area contributed by atoms with E-state index in [4.69, 9.17) is 18.0 Å². The Kier molecular flexibility index (Phi) is 6.98. The summed E-state index contributed by atoms with van der Waals surface area (Å²) in [5.74, 6) is 2.79. The maximum absolute atomic E-state index is 11.6. The first-order chi connectivity index (χ1) is 6.58. The average Bonchev–Trinajstić information content (AvgIpc) is 2.14. The third kappa shape index (κ3) is 4.85. The summed E-state index contributed by atoms with van der Waals surface area (Å²) >= 11 is 5.44. The molecule has 0 fully saturated rings. The Balaban J connectivity index is 4.39. The molecule has 0 unspecified atom stereocenters. The molecule has 0 spiro atoms. The molecule has 0 bridgehead atoms. The molecule has 0 aliphatic heterocycles. The van der Waals surface area contributed by atoms with Gasteiger partial charge in [-0.1, -0.05) is 12.8 Å². The van der Waals surface area contributed by atoms with Crippen LogP contribution in [0.1, 0.15) is 19.8 Å². The standard InChI is InChI=1S/C9H16ClNO2S/c1-3-7-11(8-4-2)14(12,13)9-5-6-10/h1H,4-9H2,2H3. The van der Waals surface area contributed by atoms with Gasteiger partial charge in [0.1, 0.15) is 0 Å². The van der Waals surface area contributed by atoms with Crippen molar-refractivity contribution >= 4 is 21.6 Å². The van der Waals surface area contributed by atoms with Gasteiger partial charge in [0.2, 0.25) is 10.0 Å². The van der Waals surface area contributed by atoms with Crippen LogP contribution in [-0.4, -0.2) is 37.4 Å². The number of rotatable bonds is 7. The van der Waals surface area contributed by atoms with E-state index in [-0.39, 0.29) is 12.3 Å². The fourth-order valence-corrected chi connectivity index (χ4v) is 2.83. The minimum Gasteiger partial charge on any atom is -0.212 e. The minimum atomic E-state index is -3.20. The molecule has 3 nitrogen and oxygen atoms in total. The highest BCUT2D eigenvalue weighted by Gasteiger charge is 2.19. The van der Waals surface area contributed by atoms with E-state index in [1.165, 1.54) is 4.31 Å². The summed E-state index contributed by atoms with van der Waals surface area (Å²) < 4.78 is 24.6. The van der Waals surface area contributed by atoms with Crippen LogP contribution in [0.15, 0.2) is 0 Å². The molecule has 0 radical (unpaired) electrons. The number of nitrogens with zero attached hydrogens (tertiary/aromatic N) is 1. The van der Waals surface area contributed by atoms with Crippen LogP contribution in [0.4, 0.5) is 0 Å². The molecule has 0 aliphatic rings. The van der Waals surface area contributed by atoms with E-state index < -0.39 is 10.0 Å². The second-order valence-corrected chi connectivity index (χ2v) is 5.36. The van der Waals surface area contributed by atoms with E-state index >= 15 is 0 Å². The minimum absolute atomic E-state index is 0.0815. The lowest BCUT2D eigenvalue weighted by Gasteiger charge is -2.18. The molecule has 82 valence electrons. The van der Waals surface area contributed by atoms with Crippen molar-refractivity contribution in [3.63, 3.8) is 0 Å². The lowest BCUT2D eigenvalue weighted by atomic mass is 10.5. The number of sulfonamides is 1. The van der Waals surface area contributed by atoms with Gasteiger partial charge in [-0.25, -0.2) is 8.42 Å². The van der Waals surface area contributed by atoms with E-state index in [0.29, 0.717) is 18.8 Å². The molecular weight excluding hydrogens is 222 g/mol. The molecule has 0 aromatic heterocycles. The van der Waals surface area contributed by atoms with Crippen molar-refractivity contribution < 1.29 is 8.42 Å². The van der Waals surface area contributed by atoms with Crippen LogP contribution in [-0.2, 0) is 10.0 Å². The monoisotopic (exact) mass is 237 g/mol. The zero-order chi connectivity index (χ0) is 11.0. The molecule has 14 heavy (non-hydrogen) atoms. The predicted octanol–water partition coefficient (Wildman–Crippen LogP) is 1.29. The molecule has 0 rings (SSSR count). The summed E-state index contributed by atoms with van der Waals surface area (Å²) in [6.07, 6.45) is 6.34. The summed E-state index contributed by atoms with van der Waals surface area (Å²) in [6.45, 7) is 2.55. The largest absolute Gasteiger partial charge is 0.215 e. The van der Waals surface area contributed by atoms with Crippen molar-refractivity contribution in [2.45, 2.75) is 19.8 Å². The Hall–Kier alpha value is -0.240. The maximum Gasteiger partial charge on any atom is 0.215 e. The summed E-state index contributed by atoms with van der Waals surface area (Å²) in [7, 11) is -3.20. The van der Waals surface area contributed by atoms with Crippen molar-refractivity contribution in [1.82, 2.24) is 4.31 Å². The Bertz CT molecular complexity index is 282. The van der Waals surface area contributed by atoms with Gasteiger partial charge in [0.05, 0.1) is 12.3 Å². The van der Waals surface area contributed by atoms with E-state index in [2.05, 4.69) is 5.92 Å². The highest BCUT2D eigenvalue weighted by molar-refractivity contribution is 7.89. The smallest absolute Gasteiger partial charge is 0.212 e. The van der Waals surface area contributed by atoms with Crippen molar-refractivity contribution in [2.75, 3.05) is 24.7 Å².